The first-order valence-corrected chi connectivity index (χ1v) is 8.47. The van der Waals surface area contributed by atoms with Gasteiger partial charge in [0.15, 0.2) is 0 Å². The lowest BCUT2D eigenvalue weighted by molar-refractivity contribution is 0.0938. The van der Waals surface area contributed by atoms with Crippen molar-refractivity contribution in [3.8, 4) is 5.75 Å². The van der Waals surface area contributed by atoms with Gasteiger partial charge in [0.25, 0.3) is 11.8 Å². The number of carbonyl (C=O) groups excluding carboxylic acids is 2. The topological polar surface area (TPSA) is 76.7 Å². The number of methoxy groups -OCH3 is 1. The third-order valence-electron chi connectivity index (χ3n) is 3.75. The van der Waals surface area contributed by atoms with Crippen molar-refractivity contribution < 1.29 is 19.1 Å². The summed E-state index contributed by atoms with van der Waals surface area (Å²) < 4.78 is 10.4. The molecule has 0 aromatic heterocycles. The molecule has 2 N–H and O–H groups in total. The van der Waals surface area contributed by atoms with Gasteiger partial charge in [-0.15, -0.1) is 0 Å². The number of carbonyl (C=O) groups is 2. The Balaban J connectivity index is 2.14. The average Bonchev–Trinajstić information content (AvgIpc) is 2.64. The lowest BCUT2D eigenvalue weighted by atomic mass is 10.1. The molecular formula is C20H24N2O4. The first kappa shape index (κ1) is 19.5. The number of rotatable bonds is 8. The summed E-state index contributed by atoms with van der Waals surface area (Å²) in [5.74, 6) is 0.205. The second-order valence-corrected chi connectivity index (χ2v) is 5.66. The maximum atomic E-state index is 12.6. The molecule has 2 amide bonds. The molecule has 2 aromatic rings. The van der Waals surface area contributed by atoms with Crippen LogP contribution in [0.25, 0.3) is 0 Å². The molecular weight excluding hydrogens is 332 g/mol. The van der Waals surface area contributed by atoms with Crippen LogP contribution in [0.3, 0.4) is 0 Å². The Morgan fingerprint density at radius 3 is 2.54 bits per heavy atom. The van der Waals surface area contributed by atoms with Gasteiger partial charge in [-0.2, -0.15) is 0 Å². The van der Waals surface area contributed by atoms with Gasteiger partial charge in [-0.25, -0.2) is 0 Å². The van der Waals surface area contributed by atoms with Crippen molar-refractivity contribution in [2.45, 2.75) is 13.8 Å². The van der Waals surface area contributed by atoms with E-state index in [2.05, 4.69) is 10.6 Å². The number of benzene rings is 2. The molecule has 0 aliphatic heterocycles. The first-order valence-electron chi connectivity index (χ1n) is 8.47. The Bertz CT molecular complexity index is 774. The van der Waals surface area contributed by atoms with Crippen LogP contribution in [-0.2, 0) is 4.74 Å². The monoisotopic (exact) mass is 356 g/mol. The van der Waals surface area contributed by atoms with Crippen molar-refractivity contribution in [2.75, 3.05) is 32.2 Å². The van der Waals surface area contributed by atoms with Crippen molar-refractivity contribution in [1.29, 1.82) is 0 Å². The van der Waals surface area contributed by atoms with Gasteiger partial charge >= 0.3 is 0 Å². The summed E-state index contributed by atoms with van der Waals surface area (Å²) in [5.41, 5.74) is 2.24. The Labute approximate surface area is 153 Å². The second kappa shape index (κ2) is 9.58. The van der Waals surface area contributed by atoms with Crippen molar-refractivity contribution in [1.82, 2.24) is 5.32 Å². The predicted molar refractivity (Wildman–Crippen MR) is 101 cm³/mol. The van der Waals surface area contributed by atoms with Gasteiger partial charge in [-0.1, -0.05) is 12.1 Å². The van der Waals surface area contributed by atoms with Crippen LogP contribution in [0.5, 0.6) is 5.75 Å². The molecule has 138 valence electrons. The quantitative estimate of drug-likeness (QED) is 0.713. The van der Waals surface area contributed by atoms with Crippen LogP contribution in [0, 0.1) is 6.92 Å². The smallest absolute Gasteiger partial charge is 0.255 e. The molecule has 0 bridgehead atoms. The maximum absolute atomic E-state index is 12.6. The van der Waals surface area contributed by atoms with E-state index in [0.29, 0.717) is 36.6 Å². The number of para-hydroxylation sites is 1. The molecule has 0 unspecified atom stereocenters. The summed E-state index contributed by atoms with van der Waals surface area (Å²) in [6.07, 6.45) is 0. The van der Waals surface area contributed by atoms with Gasteiger partial charge in [0, 0.05) is 19.2 Å². The molecule has 0 saturated heterocycles. The Morgan fingerprint density at radius 2 is 1.85 bits per heavy atom. The summed E-state index contributed by atoms with van der Waals surface area (Å²) in [4.78, 5) is 24.9. The molecule has 0 aliphatic carbocycles. The molecule has 0 heterocycles. The normalized spacial score (nSPS) is 10.3. The molecule has 0 saturated carbocycles. The summed E-state index contributed by atoms with van der Waals surface area (Å²) in [6.45, 7) is 5.19. The Morgan fingerprint density at radius 1 is 1.08 bits per heavy atom. The predicted octanol–water partition coefficient (Wildman–Crippen LogP) is 3.02. The molecule has 2 rings (SSSR count). The zero-order valence-corrected chi connectivity index (χ0v) is 15.3. The van der Waals surface area contributed by atoms with Crippen molar-refractivity contribution in [2.24, 2.45) is 0 Å². The van der Waals surface area contributed by atoms with E-state index in [4.69, 9.17) is 9.47 Å². The number of amides is 2. The second-order valence-electron chi connectivity index (χ2n) is 5.66. The molecule has 0 aliphatic rings. The highest BCUT2D eigenvalue weighted by atomic mass is 16.5. The van der Waals surface area contributed by atoms with Crippen LogP contribution in [0.4, 0.5) is 5.69 Å². The standard InChI is InChI=1S/C20H24N2O4/c1-4-26-18-10-9-15(13-14(18)2)19(23)22-17-8-6-5-7-16(17)20(24)21-11-12-25-3/h5-10,13H,4,11-12H2,1-3H3,(H,21,24)(H,22,23). The summed E-state index contributed by atoms with van der Waals surface area (Å²) in [5, 5.41) is 5.56. The highest BCUT2D eigenvalue weighted by molar-refractivity contribution is 6.09. The number of ether oxygens (including phenoxy) is 2. The fourth-order valence-corrected chi connectivity index (χ4v) is 2.45. The average molecular weight is 356 g/mol. The van der Waals surface area contributed by atoms with E-state index in [0.717, 1.165) is 11.3 Å². The molecule has 0 atom stereocenters. The molecule has 0 radical (unpaired) electrons. The molecule has 0 spiro atoms. The summed E-state index contributed by atoms with van der Waals surface area (Å²) in [6, 6.07) is 12.1. The zero-order chi connectivity index (χ0) is 18.9. The molecule has 26 heavy (non-hydrogen) atoms. The number of hydrogen-bond donors (Lipinski definition) is 2. The minimum absolute atomic E-state index is 0.263. The van der Waals surface area contributed by atoms with Crippen molar-refractivity contribution >= 4 is 17.5 Å². The van der Waals surface area contributed by atoms with Crippen LogP contribution < -0.4 is 15.4 Å². The van der Waals surface area contributed by atoms with Gasteiger partial charge < -0.3 is 20.1 Å². The third kappa shape index (κ3) is 5.07. The van der Waals surface area contributed by atoms with E-state index in [1.165, 1.54) is 0 Å². The van der Waals surface area contributed by atoms with E-state index >= 15 is 0 Å². The lowest BCUT2D eigenvalue weighted by Crippen LogP contribution is -2.28. The third-order valence-corrected chi connectivity index (χ3v) is 3.75. The lowest BCUT2D eigenvalue weighted by Gasteiger charge is -2.12. The summed E-state index contributed by atoms with van der Waals surface area (Å²) >= 11 is 0. The molecule has 6 heteroatoms. The van der Waals surface area contributed by atoms with Gasteiger partial charge in [0.1, 0.15) is 5.75 Å². The number of nitrogens with one attached hydrogen (secondary N) is 2. The van der Waals surface area contributed by atoms with E-state index in [1.54, 1.807) is 49.6 Å². The van der Waals surface area contributed by atoms with Crippen LogP contribution in [-0.4, -0.2) is 38.7 Å². The SMILES string of the molecule is CCOc1ccc(C(=O)Nc2ccccc2C(=O)NCCOC)cc1C. The molecule has 6 nitrogen and oxygen atoms in total. The van der Waals surface area contributed by atoms with E-state index < -0.39 is 0 Å². The molecule has 2 aromatic carbocycles. The fourth-order valence-electron chi connectivity index (χ4n) is 2.45. The molecule has 0 fully saturated rings. The van der Waals surface area contributed by atoms with Gasteiger partial charge in [0.05, 0.1) is 24.5 Å². The van der Waals surface area contributed by atoms with Gasteiger partial charge in [0.2, 0.25) is 0 Å². The fraction of sp³-hybridized carbons (Fsp3) is 0.300. The van der Waals surface area contributed by atoms with Crippen LogP contribution in [0.15, 0.2) is 42.5 Å². The van der Waals surface area contributed by atoms with Crippen molar-refractivity contribution in [3.63, 3.8) is 0 Å². The minimum Gasteiger partial charge on any atom is -0.494 e. The Kier molecular flexibility index (Phi) is 7.17. The largest absolute Gasteiger partial charge is 0.494 e. The van der Waals surface area contributed by atoms with E-state index in [9.17, 15) is 9.59 Å². The van der Waals surface area contributed by atoms with E-state index in [1.807, 2.05) is 13.8 Å². The van der Waals surface area contributed by atoms with Crippen LogP contribution >= 0.6 is 0 Å². The maximum Gasteiger partial charge on any atom is 0.255 e. The van der Waals surface area contributed by atoms with Crippen molar-refractivity contribution in [3.05, 3.63) is 59.2 Å². The number of aryl methyl sites for hydroxylation is 1. The summed E-state index contributed by atoms with van der Waals surface area (Å²) in [7, 11) is 1.57. The van der Waals surface area contributed by atoms with Gasteiger partial charge in [-0.05, 0) is 49.7 Å². The van der Waals surface area contributed by atoms with Gasteiger partial charge in [-0.3, -0.25) is 9.59 Å². The Hall–Kier alpha value is -2.86. The highest BCUT2D eigenvalue weighted by Gasteiger charge is 2.14. The zero-order valence-electron chi connectivity index (χ0n) is 15.3. The van der Waals surface area contributed by atoms with Crippen LogP contribution in [0.2, 0.25) is 0 Å². The first-order chi connectivity index (χ1) is 12.6. The highest BCUT2D eigenvalue weighted by Crippen LogP contribution is 2.21. The number of hydrogen-bond acceptors (Lipinski definition) is 4. The minimum atomic E-state index is -0.284. The van der Waals surface area contributed by atoms with E-state index in [-0.39, 0.29) is 11.8 Å². The van der Waals surface area contributed by atoms with Crippen LogP contribution in [0.1, 0.15) is 33.2 Å². The number of anilines is 1.